The molecule has 5 rings (SSSR count). The van der Waals surface area contributed by atoms with Gasteiger partial charge in [0.25, 0.3) is 5.91 Å². The maximum absolute atomic E-state index is 12.7. The second kappa shape index (κ2) is 10.4. The SMILES string of the molecule is CC(Oc1ccc(-c2ccccc2)cc1)C(=O)Nc1nc(-c2ccc(-c3ccccc3)cc2)cs1. The minimum Gasteiger partial charge on any atom is -0.481 e. The number of hydrogen-bond acceptors (Lipinski definition) is 4. The molecule has 1 unspecified atom stereocenters. The average Bonchev–Trinajstić information content (AvgIpc) is 3.38. The van der Waals surface area contributed by atoms with Crippen LogP contribution < -0.4 is 10.1 Å². The molecule has 4 aromatic carbocycles. The van der Waals surface area contributed by atoms with Gasteiger partial charge in [0.05, 0.1) is 5.69 Å². The number of amides is 1. The van der Waals surface area contributed by atoms with Crippen molar-refractivity contribution in [2.24, 2.45) is 0 Å². The number of hydrogen-bond donors (Lipinski definition) is 1. The first-order valence-corrected chi connectivity index (χ1v) is 12.3. The summed E-state index contributed by atoms with van der Waals surface area (Å²) in [5.74, 6) is 0.406. The zero-order valence-corrected chi connectivity index (χ0v) is 20.0. The third kappa shape index (κ3) is 5.48. The highest BCUT2D eigenvalue weighted by atomic mass is 32.1. The summed E-state index contributed by atoms with van der Waals surface area (Å²) in [6.45, 7) is 1.73. The van der Waals surface area contributed by atoms with E-state index in [-0.39, 0.29) is 5.91 Å². The number of benzene rings is 4. The quantitative estimate of drug-likeness (QED) is 0.264. The molecule has 1 atom stereocenters. The number of aromatic nitrogens is 1. The van der Waals surface area contributed by atoms with Crippen molar-refractivity contribution >= 4 is 22.4 Å². The van der Waals surface area contributed by atoms with Crippen LogP contribution in [0.15, 0.2) is 115 Å². The van der Waals surface area contributed by atoms with Gasteiger partial charge < -0.3 is 4.74 Å². The maximum atomic E-state index is 12.7. The molecule has 1 heterocycles. The summed E-state index contributed by atoms with van der Waals surface area (Å²) in [4.78, 5) is 17.3. The molecule has 0 fully saturated rings. The molecule has 5 aromatic rings. The van der Waals surface area contributed by atoms with E-state index in [9.17, 15) is 4.79 Å². The number of ether oxygens (including phenoxy) is 1. The lowest BCUT2D eigenvalue weighted by Gasteiger charge is -2.14. The molecule has 0 spiro atoms. The highest BCUT2D eigenvalue weighted by molar-refractivity contribution is 7.14. The van der Waals surface area contributed by atoms with Crippen molar-refractivity contribution in [1.82, 2.24) is 4.98 Å². The minimum absolute atomic E-state index is 0.238. The summed E-state index contributed by atoms with van der Waals surface area (Å²) in [7, 11) is 0. The topological polar surface area (TPSA) is 51.2 Å². The first-order chi connectivity index (χ1) is 17.2. The van der Waals surface area contributed by atoms with E-state index in [0.29, 0.717) is 10.9 Å². The average molecular weight is 477 g/mol. The summed E-state index contributed by atoms with van der Waals surface area (Å²) >= 11 is 1.40. The van der Waals surface area contributed by atoms with Crippen molar-refractivity contribution in [3.63, 3.8) is 0 Å². The lowest BCUT2D eigenvalue weighted by molar-refractivity contribution is -0.122. The van der Waals surface area contributed by atoms with E-state index < -0.39 is 6.10 Å². The van der Waals surface area contributed by atoms with Gasteiger partial charge in [-0.2, -0.15) is 0 Å². The molecule has 1 aromatic heterocycles. The Kier molecular flexibility index (Phi) is 6.68. The van der Waals surface area contributed by atoms with E-state index in [1.807, 2.05) is 78.2 Å². The second-order valence-corrected chi connectivity index (χ2v) is 8.98. The molecule has 0 saturated carbocycles. The zero-order valence-electron chi connectivity index (χ0n) is 19.2. The Bertz CT molecular complexity index is 1400. The Labute approximate surface area is 208 Å². The molecule has 0 saturated heterocycles. The second-order valence-electron chi connectivity index (χ2n) is 8.12. The number of carbonyl (C=O) groups is 1. The van der Waals surface area contributed by atoms with Crippen molar-refractivity contribution in [2.45, 2.75) is 13.0 Å². The van der Waals surface area contributed by atoms with E-state index in [0.717, 1.165) is 27.9 Å². The molecule has 0 aliphatic heterocycles. The van der Waals surface area contributed by atoms with Gasteiger partial charge in [-0.15, -0.1) is 11.3 Å². The number of thiazole rings is 1. The van der Waals surface area contributed by atoms with E-state index in [4.69, 9.17) is 4.74 Å². The van der Waals surface area contributed by atoms with Gasteiger partial charge in [-0.3, -0.25) is 10.1 Å². The number of nitrogens with one attached hydrogen (secondary N) is 1. The lowest BCUT2D eigenvalue weighted by atomic mass is 10.0. The molecule has 4 nitrogen and oxygen atoms in total. The Morgan fingerprint density at radius 2 is 1.20 bits per heavy atom. The van der Waals surface area contributed by atoms with Crippen LogP contribution in [0.5, 0.6) is 5.75 Å². The Morgan fingerprint density at radius 3 is 1.77 bits per heavy atom. The normalized spacial score (nSPS) is 11.6. The van der Waals surface area contributed by atoms with Crippen molar-refractivity contribution in [2.75, 3.05) is 5.32 Å². The molecule has 172 valence electrons. The van der Waals surface area contributed by atoms with Crippen LogP contribution in [0.2, 0.25) is 0 Å². The first kappa shape index (κ1) is 22.6. The van der Waals surface area contributed by atoms with Crippen LogP contribution in [-0.2, 0) is 4.79 Å². The number of nitrogens with zero attached hydrogens (tertiary/aromatic N) is 1. The van der Waals surface area contributed by atoms with Crippen LogP contribution in [0.25, 0.3) is 33.5 Å². The molecule has 1 amide bonds. The number of anilines is 1. The minimum atomic E-state index is -0.657. The predicted octanol–water partition coefficient (Wildman–Crippen LogP) is 7.55. The molecule has 0 aliphatic rings. The Morgan fingerprint density at radius 1 is 0.714 bits per heavy atom. The summed E-state index contributed by atoms with van der Waals surface area (Å²) in [5.41, 5.74) is 6.40. The lowest BCUT2D eigenvalue weighted by Crippen LogP contribution is -2.30. The Balaban J connectivity index is 1.19. The molecule has 5 heteroatoms. The van der Waals surface area contributed by atoms with Gasteiger partial charge in [0, 0.05) is 10.9 Å². The van der Waals surface area contributed by atoms with Gasteiger partial charge in [0.1, 0.15) is 5.75 Å². The highest BCUT2D eigenvalue weighted by Gasteiger charge is 2.17. The van der Waals surface area contributed by atoms with E-state index in [2.05, 4.69) is 46.7 Å². The van der Waals surface area contributed by atoms with Gasteiger partial charge in [-0.25, -0.2) is 4.98 Å². The van der Waals surface area contributed by atoms with E-state index >= 15 is 0 Å². The molecule has 0 aliphatic carbocycles. The predicted molar refractivity (Wildman–Crippen MR) is 144 cm³/mol. The fourth-order valence-electron chi connectivity index (χ4n) is 3.75. The summed E-state index contributed by atoms with van der Waals surface area (Å²) in [6, 6.07) is 36.4. The number of carbonyl (C=O) groups excluding carboxylic acids is 1. The monoisotopic (exact) mass is 476 g/mol. The summed E-state index contributed by atoms with van der Waals surface area (Å²) in [5, 5.41) is 5.36. The highest BCUT2D eigenvalue weighted by Crippen LogP contribution is 2.28. The van der Waals surface area contributed by atoms with Crippen LogP contribution in [-0.4, -0.2) is 17.0 Å². The van der Waals surface area contributed by atoms with Crippen molar-refractivity contribution in [3.8, 4) is 39.3 Å². The third-order valence-electron chi connectivity index (χ3n) is 5.67. The fourth-order valence-corrected chi connectivity index (χ4v) is 4.47. The van der Waals surface area contributed by atoms with Crippen LogP contribution in [0, 0.1) is 0 Å². The molecule has 1 N–H and O–H groups in total. The van der Waals surface area contributed by atoms with Crippen LogP contribution in [0.1, 0.15) is 6.92 Å². The maximum Gasteiger partial charge on any atom is 0.266 e. The molecule has 0 bridgehead atoms. The molecular formula is C30H24N2O2S. The van der Waals surface area contributed by atoms with Crippen molar-refractivity contribution in [3.05, 3.63) is 115 Å². The van der Waals surface area contributed by atoms with Gasteiger partial charge in [-0.05, 0) is 41.3 Å². The standard InChI is InChI=1S/C30H24N2O2S/c1-21(34-27-18-16-25(17-19-27)23-10-6-3-7-11-23)29(33)32-30-31-28(20-35-30)26-14-12-24(13-15-26)22-8-4-2-5-9-22/h2-21H,1H3,(H,31,32,33). The number of rotatable bonds is 7. The molecule has 0 radical (unpaired) electrons. The van der Waals surface area contributed by atoms with Crippen LogP contribution in [0.3, 0.4) is 0 Å². The zero-order chi connectivity index (χ0) is 24.0. The van der Waals surface area contributed by atoms with Crippen LogP contribution >= 0.6 is 11.3 Å². The van der Waals surface area contributed by atoms with Crippen molar-refractivity contribution < 1.29 is 9.53 Å². The van der Waals surface area contributed by atoms with E-state index in [1.54, 1.807) is 6.92 Å². The smallest absolute Gasteiger partial charge is 0.266 e. The third-order valence-corrected chi connectivity index (χ3v) is 6.42. The largest absolute Gasteiger partial charge is 0.481 e. The van der Waals surface area contributed by atoms with Gasteiger partial charge >= 0.3 is 0 Å². The van der Waals surface area contributed by atoms with Gasteiger partial charge in [0.15, 0.2) is 11.2 Å². The van der Waals surface area contributed by atoms with Gasteiger partial charge in [0.2, 0.25) is 0 Å². The van der Waals surface area contributed by atoms with Gasteiger partial charge in [-0.1, -0.05) is 97.1 Å². The van der Waals surface area contributed by atoms with Crippen molar-refractivity contribution in [1.29, 1.82) is 0 Å². The van der Waals surface area contributed by atoms with Crippen LogP contribution in [0.4, 0.5) is 5.13 Å². The molecular weight excluding hydrogens is 452 g/mol. The Hall–Kier alpha value is -4.22. The first-order valence-electron chi connectivity index (χ1n) is 11.4. The molecule has 35 heavy (non-hydrogen) atoms. The summed E-state index contributed by atoms with van der Waals surface area (Å²) < 4.78 is 5.85. The fraction of sp³-hybridized carbons (Fsp3) is 0.0667. The van der Waals surface area contributed by atoms with E-state index in [1.165, 1.54) is 16.9 Å². The summed E-state index contributed by atoms with van der Waals surface area (Å²) in [6.07, 6.45) is -0.657.